The highest BCUT2D eigenvalue weighted by Crippen LogP contribution is 2.40. The van der Waals surface area contributed by atoms with E-state index in [4.69, 9.17) is 18.9 Å². The lowest BCUT2D eigenvalue weighted by Crippen LogP contribution is -2.12. The fourth-order valence-corrected chi connectivity index (χ4v) is 2.99. The Morgan fingerprint density at radius 3 is 2.26 bits per heavy atom. The first-order chi connectivity index (χ1) is 14.9. The topological polar surface area (TPSA) is 94.7 Å². The summed E-state index contributed by atoms with van der Waals surface area (Å²) in [7, 11) is 4.48. The van der Waals surface area contributed by atoms with E-state index in [1.54, 1.807) is 24.3 Å². The first-order valence-electron chi connectivity index (χ1n) is 9.49. The molecule has 0 aliphatic carbocycles. The van der Waals surface area contributed by atoms with E-state index in [2.05, 4.69) is 15.5 Å². The fourth-order valence-electron chi connectivity index (χ4n) is 2.99. The van der Waals surface area contributed by atoms with Gasteiger partial charge < -0.3 is 24.3 Å². The Labute approximate surface area is 179 Å². The number of amides is 1. The maximum absolute atomic E-state index is 13.7. The molecule has 9 heteroatoms. The summed E-state index contributed by atoms with van der Waals surface area (Å²) in [5.74, 6) is 0.726. The number of nitrogens with one attached hydrogen (secondary N) is 2. The number of carbonyl (C=O) groups is 1. The molecule has 164 valence electrons. The molecule has 31 heavy (non-hydrogen) atoms. The van der Waals surface area contributed by atoms with Crippen LogP contribution < -0.4 is 24.3 Å². The van der Waals surface area contributed by atoms with E-state index in [1.807, 2.05) is 13.8 Å². The van der Waals surface area contributed by atoms with Crippen molar-refractivity contribution in [1.82, 2.24) is 10.2 Å². The molecule has 8 nitrogen and oxygen atoms in total. The van der Waals surface area contributed by atoms with Crippen molar-refractivity contribution in [3.8, 4) is 34.3 Å². The average molecular weight is 429 g/mol. The Morgan fingerprint density at radius 1 is 1.00 bits per heavy atom. The van der Waals surface area contributed by atoms with Gasteiger partial charge in [-0.2, -0.15) is 5.10 Å². The molecule has 1 heterocycles. The Morgan fingerprint density at radius 2 is 1.68 bits per heavy atom. The first kappa shape index (κ1) is 21.9. The van der Waals surface area contributed by atoms with Crippen LogP contribution in [0.5, 0.6) is 23.0 Å². The van der Waals surface area contributed by atoms with Crippen LogP contribution in [0.15, 0.2) is 36.4 Å². The molecule has 0 saturated carbocycles. The van der Waals surface area contributed by atoms with Crippen LogP contribution in [0.4, 0.5) is 10.1 Å². The molecule has 0 unspecified atom stereocenters. The molecule has 2 N–H and O–H groups in total. The average Bonchev–Trinajstić information content (AvgIpc) is 3.22. The van der Waals surface area contributed by atoms with Gasteiger partial charge in [0.1, 0.15) is 17.3 Å². The third kappa shape index (κ3) is 4.88. The highest BCUT2D eigenvalue weighted by molar-refractivity contribution is 6.03. The van der Waals surface area contributed by atoms with Crippen molar-refractivity contribution in [2.24, 2.45) is 0 Å². The maximum Gasteiger partial charge on any atom is 0.273 e. The zero-order valence-corrected chi connectivity index (χ0v) is 17.9. The van der Waals surface area contributed by atoms with Crippen LogP contribution >= 0.6 is 0 Å². The van der Waals surface area contributed by atoms with Crippen LogP contribution in [0, 0.1) is 5.82 Å². The lowest BCUT2D eigenvalue weighted by atomic mass is 10.1. The molecule has 0 atom stereocenters. The number of ether oxygens (including phenoxy) is 4. The second kappa shape index (κ2) is 9.38. The monoisotopic (exact) mass is 429 g/mol. The largest absolute Gasteiger partial charge is 0.493 e. The highest BCUT2D eigenvalue weighted by atomic mass is 19.1. The van der Waals surface area contributed by atoms with Gasteiger partial charge >= 0.3 is 0 Å². The van der Waals surface area contributed by atoms with Crippen LogP contribution in [0.1, 0.15) is 24.3 Å². The van der Waals surface area contributed by atoms with Crippen molar-refractivity contribution in [2.45, 2.75) is 20.0 Å². The summed E-state index contributed by atoms with van der Waals surface area (Å²) < 4.78 is 35.2. The standard InChI is InChI=1S/C22H24FN3O5/c1-12(2)31-18-8-13(23)6-7-15(18)16-11-17(26-25-16)22(27)24-14-9-19(28-3)21(30-5)20(10-14)29-4/h6-12H,1-5H3,(H,24,27)(H,25,26). The molecule has 1 amide bonds. The zero-order valence-electron chi connectivity index (χ0n) is 17.9. The Hall–Kier alpha value is -3.75. The minimum Gasteiger partial charge on any atom is -0.493 e. The Bertz CT molecular complexity index is 1060. The quantitative estimate of drug-likeness (QED) is 0.555. The van der Waals surface area contributed by atoms with Gasteiger partial charge in [0, 0.05) is 29.4 Å². The first-order valence-corrected chi connectivity index (χ1v) is 9.49. The van der Waals surface area contributed by atoms with Crippen molar-refractivity contribution in [3.05, 3.63) is 47.9 Å². The summed E-state index contributed by atoms with van der Waals surface area (Å²) in [5.41, 5.74) is 1.67. The van der Waals surface area contributed by atoms with Crippen molar-refractivity contribution >= 4 is 11.6 Å². The Kier molecular flexibility index (Phi) is 6.64. The van der Waals surface area contributed by atoms with Crippen LogP contribution in [-0.4, -0.2) is 43.5 Å². The third-order valence-corrected chi connectivity index (χ3v) is 4.33. The van der Waals surface area contributed by atoms with Crippen LogP contribution in [0.25, 0.3) is 11.3 Å². The number of H-pyrrole nitrogens is 1. The van der Waals surface area contributed by atoms with Crippen LogP contribution in [0.2, 0.25) is 0 Å². The number of benzene rings is 2. The molecule has 0 aliphatic heterocycles. The van der Waals surface area contributed by atoms with Crippen LogP contribution in [-0.2, 0) is 0 Å². The molecular formula is C22H24FN3O5. The van der Waals surface area contributed by atoms with Gasteiger partial charge in [-0.25, -0.2) is 4.39 Å². The summed E-state index contributed by atoms with van der Waals surface area (Å²) in [5, 5.41) is 9.65. The number of rotatable bonds is 8. The Balaban J connectivity index is 1.87. The summed E-state index contributed by atoms with van der Waals surface area (Å²) in [4.78, 5) is 12.7. The van der Waals surface area contributed by atoms with Crippen molar-refractivity contribution in [3.63, 3.8) is 0 Å². The minimum absolute atomic E-state index is 0.151. The van der Waals surface area contributed by atoms with Crippen molar-refractivity contribution < 1.29 is 28.1 Å². The lowest BCUT2D eigenvalue weighted by molar-refractivity contribution is 0.102. The molecule has 0 aliphatic rings. The molecular weight excluding hydrogens is 405 g/mol. The number of aromatic amines is 1. The summed E-state index contributed by atoms with van der Waals surface area (Å²) in [6.07, 6.45) is -0.151. The van der Waals surface area contributed by atoms with E-state index in [0.717, 1.165) is 0 Å². The number of hydrogen-bond donors (Lipinski definition) is 2. The van der Waals surface area contributed by atoms with Crippen LogP contribution in [0.3, 0.4) is 0 Å². The molecule has 3 rings (SSSR count). The molecule has 0 fully saturated rings. The number of aromatic nitrogens is 2. The molecule has 0 saturated heterocycles. The molecule has 1 aromatic heterocycles. The lowest BCUT2D eigenvalue weighted by Gasteiger charge is -2.14. The van der Waals surface area contributed by atoms with E-state index in [0.29, 0.717) is 39.9 Å². The zero-order chi connectivity index (χ0) is 22.5. The second-order valence-electron chi connectivity index (χ2n) is 6.84. The smallest absolute Gasteiger partial charge is 0.273 e. The van der Waals surface area contributed by atoms with Gasteiger partial charge in [0.15, 0.2) is 11.5 Å². The predicted octanol–water partition coefficient (Wildman–Crippen LogP) is 4.28. The molecule has 0 bridgehead atoms. The maximum atomic E-state index is 13.7. The van der Waals surface area contributed by atoms with E-state index in [1.165, 1.54) is 33.5 Å². The summed E-state index contributed by atoms with van der Waals surface area (Å²) in [6.45, 7) is 3.69. The van der Waals surface area contributed by atoms with E-state index in [-0.39, 0.29) is 11.8 Å². The van der Waals surface area contributed by atoms with E-state index < -0.39 is 11.7 Å². The SMILES string of the molecule is COc1cc(NC(=O)c2cc(-c3ccc(F)cc3OC(C)C)n[nH]2)cc(OC)c1OC. The number of halogens is 1. The molecule has 0 spiro atoms. The number of anilines is 1. The molecule has 3 aromatic rings. The minimum atomic E-state index is -0.429. The van der Waals surface area contributed by atoms with E-state index >= 15 is 0 Å². The third-order valence-electron chi connectivity index (χ3n) is 4.33. The number of nitrogens with zero attached hydrogens (tertiary/aromatic N) is 1. The van der Waals surface area contributed by atoms with Gasteiger partial charge in [0.05, 0.1) is 33.1 Å². The van der Waals surface area contributed by atoms with Gasteiger partial charge in [-0.1, -0.05) is 0 Å². The van der Waals surface area contributed by atoms with Crippen molar-refractivity contribution in [1.29, 1.82) is 0 Å². The van der Waals surface area contributed by atoms with E-state index in [9.17, 15) is 9.18 Å². The number of hydrogen-bond acceptors (Lipinski definition) is 6. The fraction of sp³-hybridized carbons (Fsp3) is 0.273. The summed E-state index contributed by atoms with van der Waals surface area (Å²) in [6, 6.07) is 8.96. The normalized spacial score (nSPS) is 10.7. The van der Waals surface area contributed by atoms with Gasteiger partial charge in [-0.05, 0) is 32.0 Å². The van der Waals surface area contributed by atoms with Gasteiger partial charge in [-0.15, -0.1) is 0 Å². The highest BCUT2D eigenvalue weighted by Gasteiger charge is 2.18. The number of methoxy groups -OCH3 is 3. The van der Waals surface area contributed by atoms with Gasteiger partial charge in [-0.3, -0.25) is 9.89 Å². The molecule has 0 radical (unpaired) electrons. The summed E-state index contributed by atoms with van der Waals surface area (Å²) >= 11 is 0. The van der Waals surface area contributed by atoms with Crippen molar-refractivity contribution in [2.75, 3.05) is 26.6 Å². The van der Waals surface area contributed by atoms with Gasteiger partial charge in [0.2, 0.25) is 5.75 Å². The molecule has 2 aromatic carbocycles. The second-order valence-corrected chi connectivity index (χ2v) is 6.84. The predicted molar refractivity (Wildman–Crippen MR) is 114 cm³/mol. The number of carbonyl (C=O) groups excluding carboxylic acids is 1. The van der Waals surface area contributed by atoms with Gasteiger partial charge in [0.25, 0.3) is 5.91 Å².